The molecule has 1 aliphatic heterocycles. The van der Waals surface area contributed by atoms with Crippen LogP contribution in [0, 0.1) is 0 Å². The molecule has 2 aromatic carbocycles. The Morgan fingerprint density at radius 1 is 1.13 bits per heavy atom. The van der Waals surface area contributed by atoms with Gasteiger partial charge in [0, 0.05) is 18.3 Å². The van der Waals surface area contributed by atoms with E-state index in [1.807, 2.05) is 32.0 Å². The third-order valence-corrected chi connectivity index (χ3v) is 6.29. The number of hydrogen-bond acceptors (Lipinski definition) is 4. The summed E-state index contributed by atoms with van der Waals surface area (Å²) in [6.07, 6.45) is 3.60. The van der Waals surface area contributed by atoms with E-state index in [1.165, 1.54) is 5.56 Å². The lowest BCUT2D eigenvalue weighted by molar-refractivity contribution is -0.129. The molecular weight excluding hydrogens is 400 g/mol. The van der Waals surface area contributed by atoms with Crippen molar-refractivity contribution in [1.29, 1.82) is 0 Å². The first-order valence-corrected chi connectivity index (χ1v) is 12.1. The fourth-order valence-electron chi connectivity index (χ4n) is 3.78. The highest BCUT2D eigenvalue weighted by Crippen LogP contribution is 2.23. The summed E-state index contributed by atoms with van der Waals surface area (Å²) in [5.74, 6) is -0.209. The second kappa shape index (κ2) is 9.98. The molecule has 1 atom stereocenters. The van der Waals surface area contributed by atoms with Crippen molar-refractivity contribution in [3.05, 3.63) is 60.2 Å². The Hall–Kier alpha value is -2.54. The zero-order valence-electron chi connectivity index (χ0n) is 17.6. The second-order valence-electron chi connectivity index (χ2n) is 7.96. The number of nitrogens with one attached hydrogen (secondary N) is 1. The van der Waals surface area contributed by atoms with E-state index in [1.54, 1.807) is 29.2 Å². The molecular formula is C23H30N2O4S. The summed E-state index contributed by atoms with van der Waals surface area (Å²) in [5.41, 5.74) is 1.65. The van der Waals surface area contributed by atoms with Crippen LogP contribution in [0.3, 0.4) is 0 Å². The van der Waals surface area contributed by atoms with E-state index in [9.17, 15) is 13.2 Å². The average Bonchev–Trinajstić information content (AvgIpc) is 3.16. The smallest absolute Gasteiger partial charge is 0.241 e. The summed E-state index contributed by atoms with van der Waals surface area (Å²) >= 11 is 0. The molecule has 1 amide bonds. The summed E-state index contributed by atoms with van der Waals surface area (Å²) in [6, 6.07) is 16.9. The van der Waals surface area contributed by atoms with Crippen LogP contribution in [0.15, 0.2) is 54.6 Å². The Labute approximate surface area is 179 Å². The lowest BCUT2D eigenvalue weighted by Gasteiger charge is -2.25. The van der Waals surface area contributed by atoms with Gasteiger partial charge in [-0.1, -0.05) is 30.3 Å². The number of likely N-dealkylation sites (tertiary alicyclic amines) is 1. The number of hydrogen-bond donors (Lipinski definition) is 1. The first-order valence-electron chi connectivity index (χ1n) is 10.4. The van der Waals surface area contributed by atoms with Gasteiger partial charge in [-0.3, -0.25) is 9.52 Å². The van der Waals surface area contributed by atoms with Crippen LogP contribution in [0.25, 0.3) is 0 Å². The molecule has 6 nitrogen and oxygen atoms in total. The largest absolute Gasteiger partial charge is 0.491 e. The van der Waals surface area contributed by atoms with E-state index in [2.05, 4.69) is 16.9 Å². The highest BCUT2D eigenvalue weighted by molar-refractivity contribution is 7.93. The fraction of sp³-hybridized carbons (Fsp3) is 0.435. The second-order valence-corrected chi connectivity index (χ2v) is 9.68. The molecule has 1 unspecified atom stereocenters. The highest BCUT2D eigenvalue weighted by Gasteiger charge is 2.31. The molecule has 1 N–H and O–H groups in total. The van der Waals surface area contributed by atoms with Crippen LogP contribution in [0.5, 0.6) is 5.75 Å². The number of carbonyl (C=O) groups is 1. The Balaban J connectivity index is 1.55. The van der Waals surface area contributed by atoms with E-state index < -0.39 is 15.8 Å². The number of sulfonamides is 1. The summed E-state index contributed by atoms with van der Waals surface area (Å²) in [6.45, 7) is 4.47. The zero-order chi connectivity index (χ0) is 21.6. The van der Waals surface area contributed by atoms with Gasteiger partial charge in [-0.2, -0.15) is 0 Å². The number of amides is 1. The van der Waals surface area contributed by atoms with Crippen molar-refractivity contribution < 1.29 is 17.9 Å². The van der Waals surface area contributed by atoms with Crippen LogP contribution in [-0.4, -0.2) is 43.7 Å². The standard InChI is InChI=1S/C23H30N2O4S/c1-18(2)29-22-14-11-20(12-15-22)24-30(27,28)17-23(26)25-16-6-9-21(25)13-10-19-7-4-3-5-8-19/h3-5,7-8,11-12,14-15,18,21,24H,6,9-10,13,16-17H2,1-2H3. The van der Waals surface area contributed by atoms with E-state index >= 15 is 0 Å². The zero-order valence-corrected chi connectivity index (χ0v) is 18.4. The molecule has 7 heteroatoms. The lowest BCUT2D eigenvalue weighted by Crippen LogP contribution is -2.40. The molecule has 0 spiro atoms. The summed E-state index contributed by atoms with van der Waals surface area (Å²) in [7, 11) is -3.78. The molecule has 0 aromatic heterocycles. The minimum Gasteiger partial charge on any atom is -0.491 e. The normalized spacial score (nSPS) is 16.6. The molecule has 1 aliphatic rings. The third kappa shape index (κ3) is 6.49. The van der Waals surface area contributed by atoms with Crippen LogP contribution < -0.4 is 9.46 Å². The number of nitrogens with zero attached hydrogens (tertiary/aromatic N) is 1. The maximum absolute atomic E-state index is 12.7. The Bertz CT molecular complexity index is 927. The first-order chi connectivity index (χ1) is 14.3. The molecule has 0 bridgehead atoms. The van der Waals surface area contributed by atoms with E-state index in [0.29, 0.717) is 18.0 Å². The van der Waals surface area contributed by atoms with Gasteiger partial charge in [-0.15, -0.1) is 0 Å². The molecule has 30 heavy (non-hydrogen) atoms. The predicted molar refractivity (Wildman–Crippen MR) is 119 cm³/mol. The third-order valence-electron chi connectivity index (χ3n) is 5.12. The van der Waals surface area contributed by atoms with E-state index in [-0.39, 0.29) is 18.1 Å². The lowest BCUT2D eigenvalue weighted by atomic mass is 10.0. The van der Waals surface area contributed by atoms with Gasteiger partial charge in [-0.05, 0) is 69.4 Å². The van der Waals surface area contributed by atoms with Gasteiger partial charge >= 0.3 is 0 Å². The van der Waals surface area contributed by atoms with E-state index in [0.717, 1.165) is 25.7 Å². The van der Waals surface area contributed by atoms with Crippen LogP contribution >= 0.6 is 0 Å². The van der Waals surface area contributed by atoms with Crippen molar-refractivity contribution in [2.45, 2.75) is 51.7 Å². The van der Waals surface area contributed by atoms with Gasteiger partial charge in [-0.25, -0.2) is 8.42 Å². The number of rotatable bonds is 9. The Morgan fingerprint density at radius 3 is 2.50 bits per heavy atom. The average molecular weight is 431 g/mol. The van der Waals surface area contributed by atoms with Gasteiger partial charge in [0.1, 0.15) is 11.5 Å². The van der Waals surface area contributed by atoms with Gasteiger partial charge in [0.2, 0.25) is 15.9 Å². The monoisotopic (exact) mass is 430 g/mol. The van der Waals surface area contributed by atoms with Crippen molar-refractivity contribution >= 4 is 21.6 Å². The predicted octanol–water partition coefficient (Wildman–Crippen LogP) is 3.84. The van der Waals surface area contributed by atoms with Crippen LogP contribution in [0.2, 0.25) is 0 Å². The first kappa shape index (κ1) is 22.2. The molecule has 3 rings (SSSR count). The molecule has 0 aliphatic carbocycles. The van der Waals surface area contributed by atoms with E-state index in [4.69, 9.17) is 4.74 Å². The van der Waals surface area contributed by atoms with Crippen molar-refractivity contribution in [2.75, 3.05) is 17.0 Å². The molecule has 1 heterocycles. The molecule has 0 radical (unpaired) electrons. The van der Waals surface area contributed by atoms with Crippen LogP contribution in [-0.2, 0) is 21.2 Å². The van der Waals surface area contributed by atoms with Crippen LogP contribution in [0.4, 0.5) is 5.69 Å². The SMILES string of the molecule is CC(C)Oc1ccc(NS(=O)(=O)CC(=O)N2CCCC2CCc2ccccc2)cc1. The number of ether oxygens (including phenoxy) is 1. The number of aryl methyl sites for hydroxylation is 1. The number of anilines is 1. The summed E-state index contributed by atoms with van der Waals surface area (Å²) in [5, 5.41) is 0. The minimum absolute atomic E-state index is 0.0421. The topological polar surface area (TPSA) is 75.7 Å². The summed E-state index contributed by atoms with van der Waals surface area (Å²) < 4.78 is 33.1. The van der Waals surface area contributed by atoms with Gasteiger partial charge in [0.15, 0.2) is 0 Å². The number of carbonyl (C=O) groups excluding carboxylic acids is 1. The van der Waals surface area contributed by atoms with Crippen molar-refractivity contribution in [3.8, 4) is 5.75 Å². The Morgan fingerprint density at radius 2 is 1.83 bits per heavy atom. The molecule has 1 saturated heterocycles. The van der Waals surface area contributed by atoms with Crippen molar-refractivity contribution in [1.82, 2.24) is 4.90 Å². The fourth-order valence-corrected chi connectivity index (χ4v) is 4.84. The van der Waals surface area contributed by atoms with Gasteiger partial charge in [0.25, 0.3) is 0 Å². The molecule has 162 valence electrons. The molecule has 1 fully saturated rings. The quantitative estimate of drug-likeness (QED) is 0.656. The van der Waals surface area contributed by atoms with Crippen LogP contribution in [0.1, 0.15) is 38.7 Å². The summed E-state index contributed by atoms with van der Waals surface area (Å²) in [4.78, 5) is 14.5. The molecule has 0 saturated carbocycles. The number of benzene rings is 2. The minimum atomic E-state index is -3.78. The van der Waals surface area contributed by atoms with Crippen molar-refractivity contribution in [2.24, 2.45) is 0 Å². The van der Waals surface area contributed by atoms with Gasteiger partial charge in [0.05, 0.1) is 6.10 Å². The highest BCUT2D eigenvalue weighted by atomic mass is 32.2. The maximum atomic E-state index is 12.7. The van der Waals surface area contributed by atoms with Crippen molar-refractivity contribution in [3.63, 3.8) is 0 Å². The maximum Gasteiger partial charge on any atom is 0.241 e. The molecule has 2 aromatic rings. The Kier molecular flexibility index (Phi) is 7.37. The van der Waals surface area contributed by atoms with Gasteiger partial charge < -0.3 is 9.64 Å².